The zero-order valence-corrected chi connectivity index (χ0v) is 20.3. The number of hydrogen-bond acceptors (Lipinski definition) is 6. The summed E-state index contributed by atoms with van der Waals surface area (Å²) in [7, 11) is 7.33. The predicted octanol–water partition coefficient (Wildman–Crippen LogP) is 6.56. The van der Waals surface area contributed by atoms with Gasteiger partial charge in [-0.15, -0.1) is 0 Å². The van der Waals surface area contributed by atoms with Crippen molar-refractivity contribution in [3.8, 4) is 0 Å². The normalized spacial score (nSPS) is 10.7. The second-order valence-corrected chi connectivity index (χ2v) is 11.2. The molecule has 0 atom stereocenters. The van der Waals surface area contributed by atoms with Gasteiger partial charge in [-0.25, -0.2) is 0 Å². The number of hydrogen-bond donors (Lipinski definition) is 0. The van der Waals surface area contributed by atoms with E-state index in [1.807, 2.05) is 21.6 Å². The molecule has 0 saturated carbocycles. The minimum absolute atomic E-state index is 1.01. The highest BCUT2D eigenvalue weighted by atomic mass is 33.1. The molecule has 0 rings (SSSR count). The van der Waals surface area contributed by atoms with Crippen molar-refractivity contribution in [2.24, 2.45) is 0 Å². The molecule has 0 saturated heterocycles. The van der Waals surface area contributed by atoms with Gasteiger partial charge in [-0.3, -0.25) is 0 Å². The molecule has 0 fully saturated rings. The van der Waals surface area contributed by atoms with Crippen LogP contribution < -0.4 is 0 Å². The minimum atomic E-state index is 1.01. The van der Waals surface area contributed by atoms with Crippen LogP contribution in [0.5, 0.6) is 0 Å². The number of unbranched alkanes of at least 4 members (excludes halogenated alkanes) is 3. The molecule has 0 aliphatic heterocycles. The Hall–Kier alpha value is 1.18. The summed E-state index contributed by atoms with van der Waals surface area (Å²) in [4.78, 5) is 4.48. The first-order valence-electron chi connectivity index (χ1n) is 8.77. The van der Waals surface area contributed by atoms with Crippen LogP contribution in [0.25, 0.3) is 0 Å². The summed E-state index contributed by atoms with van der Waals surface area (Å²) in [5, 5.41) is 0. The quantitative estimate of drug-likeness (QED) is 0.177. The number of rotatable bonds is 13. The van der Waals surface area contributed by atoms with E-state index in [0.29, 0.717) is 0 Å². The Labute approximate surface area is 176 Å². The molecule has 0 heterocycles. The van der Waals surface area contributed by atoms with Gasteiger partial charge in [0.2, 0.25) is 0 Å². The zero-order valence-electron chi connectivity index (χ0n) is 15.4. The largest absolute Gasteiger partial charge is 0.357 e. The monoisotopic (exact) mass is 444 g/mol. The number of thiocarbonyl (C=S) groups is 2. The van der Waals surface area contributed by atoms with Crippen molar-refractivity contribution in [1.82, 2.24) is 9.80 Å². The first kappa shape index (κ1) is 25.2. The van der Waals surface area contributed by atoms with Gasteiger partial charge in [-0.2, -0.15) is 0 Å². The molecule has 8 heteroatoms. The van der Waals surface area contributed by atoms with Crippen molar-refractivity contribution in [2.45, 2.75) is 53.4 Å². The number of nitrogens with zero attached hydrogens (tertiary/aromatic N) is 2. The maximum Gasteiger partial charge on any atom is 0.147 e. The van der Waals surface area contributed by atoms with E-state index in [1.165, 1.54) is 37.2 Å². The maximum atomic E-state index is 5.43. The van der Waals surface area contributed by atoms with Gasteiger partial charge in [0.25, 0.3) is 0 Å². The van der Waals surface area contributed by atoms with E-state index >= 15 is 0 Å². The highest BCUT2D eigenvalue weighted by Crippen LogP contribution is 2.28. The summed E-state index contributed by atoms with van der Waals surface area (Å²) in [6, 6.07) is 0. The summed E-state index contributed by atoms with van der Waals surface area (Å²) in [6.07, 6.45) is 5.21. The van der Waals surface area contributed by atoms with Crippen LogP contribution in [0.4, 0.5) is 0 Å². The fraction of sp³-hybridized carbons (Fsp3) is 0.875. The van der Waals surface area contributed by atoms with Gasteiger partial charge in [0, 0.05) is 37.7 Å². The lowest BCUT2D eigenvalue weighted by atomic mass is 10.2. The van der Waals surface area contributed by atoms with E-state index in [2.05, 4.69) is 37.5 Å². The summed E-state index contributed by atoms with van der Waals surface area (Å²) in [6.45, 7) is 12.7. The van der Waals surface area contributed by atoms with E-state index in [-0.39, 0.29) is 0 Å². The van der Waals surface area contributed by atoms with Crippen LogP contribution >= 0.6 is 67.6 Å². The van der Waals surface area contributed by atoms with Gasteiger partial charge in [0.05, 0.1) is 0 Å². The summed E-state index contributed by atoms with van der Waals surface area (Å²) in [5.74, 6) is 2.39. The fourth-order valence-electron chi connectivity index (χ4n) is 1.93. The van der Waals surface area contributed by atoms with E-state index in [4.69, 9.17) is 24.4 Å². The van der Waals surface area contributed by atoms with Crippen molar-refractivity contribution in [2.75, 3.05) is 37.7 Å². The molecule has 0 aliphatic rings. The van der Waals surface area contributed by atoms with E-state index < -0.39 is 0 Å². The lowest BCUT2D eigenvalue weighted by Crippen LogP contribution is -2.26. The highest BCUT2D eigenvalue weighted by Gasteiger charge is 2.06. The van der Waals surface area contributed by atoms with Crippen molar-refractivity contribution < 1.29 is 0 Å². The molecule has 0 aromatic carbocycles. The van der Waals surface area contributed by atoms with Crippen LogP contribution in [0.1, 0.15) is 53.4 Å². The van der Waals surface area contributed by atoms with Crippen LogP contribution in [0.2, 0.25) is 0 Å². The van der Waals surface area contributed by atoms with Gasteiger partial charge < -0.3 is 9.80 Å². The van der Waals surface area contributed by atoms with Gasteiger partial charge in [0.15, 0.2) is 0 Å². The minimum Gasteiger partial charge on any atom is -0.357 e. The molecule has 0 aromatic rings. The van der Waals surface area contributed by atoms with Crippen molar-refractivity contribution in [1.29, 1.82) is 0 Å². The second-order valence-electron chi connectivity index (χ2n) is 5.10. The lowest BCUT2D eigenvalue weighted by molar-refractivity contribution is 0.482. The Morgan fingerprint density at radius 2 is 0.958 bits per heavy atom. The molecule has 0 unspecified atom stereocenters. The predicted molar refractivity (Wildman–Crippen MR) is 130 cm³/mol. The van der Waals surface area contributed by atoms with Crippen LogP contribution in [0.3, 0.4) is 0 Å². The molecule has 0 amide bonds. The van der Waals surface area contributed by atoms with E-state index in [0.717, 1.165) is 34.8 Å². The van der Waals surface area contributed by atoms with E-state index in [1.54, 1.807) is 21.6 Å². The fourth-order valence-corrected chi connectivity index (χ4v) is 7.50. The Kier molecular flexibility index (Phi) is 18.5. The average Bonchev–Trinajstić information content (AvgIpc) is 2.58. The van der Waals surface area contributed by atoms with Gasteiger partial charge in [-0.05, 0) is 62.1 Å². The Balaban J connectivity index is 3.43. The molecule has 0 radical (unpaired) electrons. The van der Waals surface area contributed by atoms with Crippen molar-refractivity contribution in [3.63, 3.8) is 0 Å². The van der Waals surface area contributed by atoms with Crippen molar-refractivity contribution >= 4 is 76.3 Å². The molecule has 24 heavy (non-hydrogen) atoms. The van der Waals surface area contributed by atoms with Crippen LogP contribution in [-0.2, 0) is 0 Å². The van der Waals surface area contributed by atoms with Crippen LogP contribution in [-0.4, -0.2) is 56.1 Å². The van der Waals surface area contributed by atoms with Gasteiger partial charge in [-0.1, -0.05) is 58.9 Å². The molecule has 142 valence electrons. The average molecular weight is 445 g/mol. The first-order valence-corrected chi connectivity index (χ1v) is 14.2. The smallest absolute Gasteiger partial charge is 0.147 e. The van der Waals surface area contributed by atoms with Gasteiger partial charge >= 0.3 is 0 Å². The summed E-state index contributed by atoms with van der Waals surface area (Å²) in [5.41, 5.74) is 0. The third-order valence-electron chi connectivity index (χ3n) is 3.51. The van der Waals surface area contributed by atoms with E-state index in [9.17, 15) is 0 Å². The van der Waals surface area contributed by atoms with Crippen molar-refractivity contribution in [3.05, 3.63) is 0 Å². The molecular weight excluding hydrogens is 413 g/mol. The second kappa shape index (κ2) is 17.6. The molecular formula is C16H32N2S6. The Morgan fingerprint density at radius 1 is 0.625 bits per heavy atom. The lowest BCUT2D eigenvalue weighted by Gasteiger charge is -2.20. The summed E-state index contributed by atoms with van der Waals surface area (Å²) < 4.78 is 2.06. The maximum absolute atomic E-state index is 5.43. The molecule has 0 bridgehead atoms. The zero-order chi connectivity index (χ0) is 18.2. The molecule has 0 spiro atoms. The molecule has 0 aromatic heterocycles. The molecule has 0 aliphatic carbocycles. The Morgan fingerprint density at radius 3 is 1.25 bits per heavy atom. The Bertz CT molecular complexity index is 301. The third-order valence-corrected chi connectivity index (χ3v) is 9.76. The first-order chi connectivity index (χ1) is 11.6. The van der Waals surface area contributed by atoms with Crippen LogP contribution in [0, 0.1) is 0 Å². The van der Waals surface area contributed by atoms with Crippen LogP contribution in [0.15, 0.2) is 0 Å². The molecule has 2 nitrogen and oxygen atoms in total. The summed E-state index contributed by atoms with van der Waals surface area (Å²) >= 11 is 10.9. The third kappa shape index (κ3) is 12.5. The molecule has 0 N–H and O–H groups in total. The topological polar surface area (TPSA) is 6.48 Å². The highest BCUT2D eigenvalue weighted by molar-refractivity contribution is 8.84. The standard InChI is InChI=1S/C16H32N2S6/c1-5-17(6-2)15(19)23-21-13-11-9-10-12-14-22-24-16(20)18(7-3)8-4/h5-14H2,1-4H3. The SMILES string of the molecule is CCN(CC)C(=S)SSCCCCCCSSC(=S)N(CC)CC. The van der Waals surface area contributed by atoms with Gasteiger partial charge in [0.1, 0.15) is 8.64 Å².